The van der Waals surface area contributed by atoms with Crippen LogP contribution < -0.4 is 20.1 Å². The minimum atomic E-state index is -0.108. The summed E-state index contributed by atoms with van der Waals surface area (Å²) in [6.45, 7) is 8.63. The zero-order valence-electron chi connectivity index (χ0n) is 16.5. The number of likely N-dealkylation sites (N-methyl/N-ethyl adjacent to an activating group) is 1. The standard InChI is InChI=1S/C19H31N3O3.2ClH/c1-4-22(5-2)12-13-25-18-14-15(9-10-17(18)24-3)21-19(23)16-8-6-7-11-20-16;;/h9-10,14,16,20H,4-8,11-13H2,1-3H3,(H,21,23);2*1H/t16-;;/m1../s1. The lowest BCUT2D eigenvalue weighted by Gasteiger charge is -2.23. The highest BCUT2D eigenvalue weighted by atomic mass is 35.5. The number of hydrogen-bond donors (Lipinski definition) is 2. The van der Waals surface area contributed by atoms with Crippen molar-refractivity contribution in [3.8, 4) is 11.5 Å². The van der Waals surface area contributed by atoms with Gasteiger partial charge in [0.2, 0.25) is 5.91 Å². The maximum absolute atomic E-state index is 12.4. The average Bonchev–Trinajstić information content (AvgIpc) is 2.66. The third kappa shape index (κ3) is 8.13. The van der Waals surface area contributed by atoms with Gasteiger partial charge in [0.05, 0.1) is 13.2 Å². The molecule has 2 rings (SSSR count). The Hall–Kier alpha value is -1.21. The van der Waals surface area contributed by atoms with E-state index in [-0.39, 0.29) is 36.8 Å². The Morgan fingerprint density at radius 3 is 2.56 bits per heavy atom. The minimum Gasteiger partial charge on any atom is -0.493 e. The molecular formula is C19H33Cl2N3O3. The predicted octanol–water partition coefficient (Wildman–Crippen LogP) is 3.34. The quantitative estimate of drug-likeness (QED) is 0.639. The Morgan fingerprint density at radius 1 is 1.22 bits per heavy atom. The van der Waals surface area contributed by atoms with Crippen LogP contribution in [0.3, 0.4) is 0 Å². The second-order valence-electron chi connectivity index (χ2n) is 6.23. The van der Waals surface area contributed by atoms with E-state index in [1.54, 1.807) is 7.11 Å². The first-order chi connectivity index (χ1) is 12.2. The zero-order chi connectivity index (χ0) is 18.1. The molecule has 0 unspecified atom stereocenters. The predicted molar refractivity (Wildman–Crippen MR) is 115 cm³/mol. The minimum absolute atomic E-state index is 0. The largest absolute Gasteiger partial charge is 0.493 e. The molecule has 1 fully saturated rings. The van der Waals surface area contributed by atoms with Gasteiger partial charge in [-0.15, -0.1) is 24.8 Å². The van der Waals surface area contributed by atoms with Gasteiger partial charge in [0.15, 0.2) is 11.5 Å². The summed E-state index contributed by atoms with van der Waals surface area (Å²) < 4.78 is 11.3. The molecule has 0 aromatic heterocycles. The van der Waals surface area contributed by atoms with Gasteiger partial charge in [-0.1, -0.05) is 20.3 Å². The molecular weight excluding hydrogens is 389 g/mol. The zero-order valence-corrected chi connectivity index (χ0v) is 18.1. The fourth-order valence-electron chi connectivity index (χ4n) is 3.00. The van der Waals surface area contributed by atoms with E-state index < -0.39 is 0 Å². The van der Waals surface area contributed by atoms with Crippen molar-refractivity contribution in [1.82, 2.24) is 10.2 Å². The van der Waals surface area contributed by atoms with Crippen molar-refractivity contribution >= 4 is 36.4 Å². The van der Waals surface area contributed by atoms with Crippen molar-refractivity contribution in [3.05, 3.63) is 18.2 Å². The van der Waals surface area contributed by atoms with E-state index in [1.165, 1.54) is 0 Å². The van der Waals surface area contributed by atoms with Crippen LogP contribution >= 0.6 is 24.8 Å². The Labute approximate surface area is 175 Å². The molecule has 1 aromatic rings. The van der Waals surface area contributed by atoms with E-state index >= 15 is 0 Å². The highest BCUT2D eigenvalue weighted by Gasteiger charge is 2.20. The summed E-state index contributed by atoms with van der Waals surface area (Å²) in [6, 6.07) is 5.40. The Morgan fingerprint density at radius 2 is 1.96 bits per heavy atom. The van der Waals surface area contributed by atoms with Crippen LogP contribution in [0.4, 0.5) is 5.69 Å². The first-order valence-electron chi connectivity index (χ1n) is 9.25. The van der Waals surface area contributed by atoms with Crippen molar-refractivity contribution in [2.75, 3.05) is 45.2 Å². The van der Waals surface area contributed by atoms with Crippen molar-refractivity contribution in [3.63, 3.8) is 0 Å². The van der Waals surface area contributed by atoms with Crippen molar-refractivity contribution in [1.29, 1.82) is 0 Å². The Bertz CT molecular complexity index is 551. The molecule has 2 N–H and O–H groups in total. The number of methoxy groups -OCH3 is 1. The summed E-state index contributed by atoms with van der Waals surface area (Å²) in [5.74, 6) is 1.34. The molecule has 0 aliphatic carbocycles. The molecule has 27 heavy (non-hydrogen) atoms. The molecule has 0 saturated carbocycles. The SMILES string of the molecule is CCN(CC)CCOc1cc(NC(=O)[C@H]2CCCCN2)ccc1OC.Cl.Cl. The summed E-state index contributed by atoms with van der Waals surface area (Å²) in [5, 5.41) is 6.24. The smallest absolute Gasteiger partial charge is 0.241 e. The molecule has 1 aromatic carbocycles. The number of benzene rings is 1. The third-order valence-electron chi connectivity index (χ3n) is 4.62. The summed E-state index contributed by atoms with van der Waals surface area (Å²) >= 11 is 0. The van der Waals surface area contributed by atoms with Gasteiger partial charge < -0.3 is 25.0 Å². The number of carbonyl (C=O) groups excluding carboxylic acids is 1. The molecule has 1 heterocycles. The van der Waals surface area contributed by atoms with E-state index in [4.69, 9.17) is 9.47 Å². The van der Waals surface area contributed by atoms with E-state index in [9.17, 15) is 4.79 Å². The highest BCUT2D eigenvalue weighted by Crippen LogP contribution is 2.30. The van der Waals surface area contributed by atoms with Crippen LogP contribution in [0.5, 0.6) is 11.5 Å². The van der Waals surface area contributed by atoms with E-state index in [0.717, 1.165) is 51.1 Å². The highest BCUT2D eigenvalue weighted by molar-refractivity contribution is 5.95. The molecule has 6 nitrogen and oxygen atoms in total. The first kappa shape index (κ1) is 25.8. The number of hydrogen-bond acceptors (Lipinski definition) is 5. The van der Waals surface area contributed by atoms with Crippen molar-refractivity contribution in [2.24, 2.45) is 0 Å². The maximum atomic E-state index is 12.4. The van der Waals surface area contributed by atoms with Crippen LogP contribution in [0.1, 0.15) is 33.1 Å². The van der Waals surface area contributed by atoms with Gasteiger partial charge in [-0.3, -0.25) is 4.79 Å². The molecule has 1 saturated heterocycles. The van der Waals surface area contributed by atoms with Gasteiger partial charge in [0, 0.05) is 18.3 Å². The maximum Gasteiger partial charge on any atom is 0.241 e. The van der Waals surface area contributed by atoms with Crippen LogP contribution in [0, 0.1) is 0 Å². The lowest BCUT2D eigenvalue weighted by molar-refractivity contribution is -0.118. The topological polar surface area (TPSA) is 62.8 Å². The second-order valence-corrected chi connectivity index (χ2v) is 6.23. The van der Waals surface area contributed by atoms with Crippen LogP contribution in [0.2, 0.25) is 0 Å². The Kier molecular flexibility index (Phi) is 13.3. The number of piperidine rings is 1. The normalized spacial score (nSPS) is 16.1. The number of nitrogens with zero attached hydrogens (tertiary/aromatic N) is 1. The number of anilines is 1. The van der Waals surface area contributed by atoms with Gasteiger partial charge >= 0.3 is 0 Å². The Balaban J connectivity index is 0.00000338. The number of carbonyl (C=O) groups is 1. The van der Waals surface area contributed by atoms with Crippen molar-refractivity contribution in [2.45, 2.75) is 39.2 Å². The lowest BCUT2D eigenvalue weighted by Crippen LogP contribution is -2.43. The second kappa shape index (κ2) is 13.9. The average molecular weight is 422 g/mol. The van der Waals surface area contributed by atoms with Gasteiger partial charge in [0.25, 0.3) is 0 Å². The summed E-state index contributed by atoms with van der Waals surface area (Å²) in [5.41, 5.74) is 0.732. The molecule has 1 atom stereocenters. The third-order valence-corrected chi connectivity index (χ3v) is 4.62. The van der Waals surface area contributed by atoms with E-state index in [1.807, 2.05) is 18.2 Å². The fourth-order valence-corrected chi connectivity index (χ4v) is 3.00. The molecule has 8 heteroatoms. The monoisotopic (exact) mass is 421 g/mol. The molecule has 0 bridgehead atoms. The van der Waals surface area contributed by atoms with Crippen LogP contribution in [0.15, 0.2) is 18.2 Å². The molecule has 0 radical (unpaired) electrons. The number of amides is 1. The fraction of sp³-hybridized carbons (Fsp3) is 0.632. The first-order valence-corrected chi connectivity index (χ1v) is 9.25. The van der Waals surface area contributed by atoms with Crippen LogP contribution in [-0.2, 0) is 4.79 Å². The van der Waals surface area contributed by atoms with E-state index in [0.29, 0.717) is 18.1 Å². The number of ether oxygens (including phenoxy) is 2. The number of rotatable bonds is 9. The number of halogens is 2. The summed E-state index contributed by atoms with van der Waals surface area (Å²) in [6.07, 6.45) is 3.11. The summed E-state index contributed by atoms with van der Waals surface area (Å²) in [4.78, 5) is 14.7. The van der Waals surface area contributed by atoms with Gasteiger partial charge in [-0.2, -0.15) is 0 Å². The van der Waals surface area contributed by atoms with Gasteiger partial charge in [-0.05, 0) is 44.6 Å². The molecule has 1 aliphatic rings. The molecule has 0 spiro atoms. The van der Waals surface area contributed by atoms with E-state index in [2.05, 4.69) is 29.4 Å². The van der Waals surface area contributed by atoms with Crippen LogP contribution in [0.25, 0.3) is 0 Å². The van der Waals surface area contributed by atoms with Crippen molar-refractivity contribution < 1.29 is 14.3 Å². The van der Waals surface area contributed by atoms with Gasteiger partial charge in [-0.25, -0.2) is 0 Å². The molecule has 156 valence electrons. The molecule has 1 aliphatic heterocycles. The molecule has 1 amide bonds. The lowest BCUT2D eigenvalue weighted by atomic mass is 10.0. The number of nitrogens with one attached hydrogen (secondary N) is 2. The van der Waals surface area contributed by atoms with Gasteiger partial charge in [0.1, 0.15) is 6.61 Å². The summed E-state index contributed by atoms with van der Waals surface area (Å²) in [7, 11) is 1.62. The van der Waals surface area contributed by atoms with Crippen LogP contribution in [-0.4, -0.2) is 56.7 Å².